The second kappa shape index (κ2) is 6.90. The Balaban J connectivity index is 1.88. The SMILES string of the molecule is NCc1c2c(c(SCc3ccc(Cl)cc3)[nH]c1=O)CCCC2. The fraction of sp³-hybridized carbons (Fsp3) is 0.353. The Morgan fingerprint density at radius 2 is 1.82 bits per heavy atom. The average molecular weight is 335 g/mol. The minimum atomic E-state index is -0.0262. The highest BCUT2D eigenvalue weighted by molar-refractivity contribution is 7.98. The molecular formula is C17H19ClN2OS. The van der Waals surface area contributed by atoms with Gasteiger partial charge in [0.2, 0.25) is 0 Å². The van der Waals surface area contributed by atoms with Crippen LogP contribution in [0.15, 0.2) is 34.1 Å². The third-order valence-corrected chi connectivity index (χ3v) is 5.47. The Kier molecular flexibility index (Phi) is 4.91. The summed E-state index contributed by atoms with van der Waals surface area (Å²) in [6, 6.07) is 7.84. The molecule has 3 rings (SSSR count). The van der Waals surface area contributed by atoms with Gasteiger partial charge >= 0.3 is 0 Å². The van der Waals surface area contributed by atoms with Gasteiger partial charge in [-0.3, -0.25) is 4.79 Å². The lowest BCUT2D eigenvalue weighted by Gasteiger charge is -2.21. The molecule has 0 aliphatic heterocycles. The molecule has 0 amide bonds. The molecule has 1 aliphatic rings. The minimum Gasteiger partial charge on any atom is -0.326 e. The van der Waals surface area contributed by atoms with E-state index in [2.05, 4.69) is 4.98 Å². The van der Waals surface area contributed by atoms with Crippen molar-refractivity contribution in [2.24, 2.45) is 5.73 Å². The van der Waals surface area contributed by atoms with Crippen molar-refractivity contribution in [1.29, 1.82) is 0 Å². The van der Waals surface area contributed by atoms with Crippen LogP contribution in [0.5, 0.6) is 0 Å². The number of rotatable bonds is 4. The first kappa shape index (κ1) is 15.7. The van der Waals surface area contributed by atoms with Gasteiger partial charge in [-0.05, 0) is 54.5 Å². The molecule has 0 spiro atoms. The zero-order valence-corrected chi connectivity index (χ0v) is 13.9. The Hall–Kier alpha value is -1.23. The summed E-state index contributed by atoms with van der Waals surface area (Å²) < 4.78 is 0. The molecule has 0 saturated carbocycles. The van der Waals surface area contributed by atoms with Crippen LogP contribution < -0.4 is 11.3 Å². The molecule has 0 fully saturated rings. The number of hydrogen-bond acceptors (Lipinski definition) is 3. The summed E-state index contributed by atoms with van der Waals surface area (Å²) in [7, 11) is 0. The predicted octanol–water partition coefficient (Wildman–Crippen LogP) is 3.66. The summed E-state index contributed by atoms with van der Waals surface area (Å²) in [5.41, 5.74) is 10.2. The van der Waals surface area contributed by atoms with Crippen molar-refractivity contribution in [2.45, 2.75) is 43.0 Å². The van der Waals surface area contributed by atoms with Crippen molar-refractivity contribution in [1.82, 2.24) is 4.98 Å². The maximum atomic E-state index is 12.2. The van der Waals surface area contributed by atoms with E-state index in [1.165, 1.54) is 23.1 Å². The zero-order chi connectivity index (χ0) is 15.5. The fourth-order valence-corrected chi connectivity index (χ4v) is 4.15. The second-order valence-corrected chi connectivity index (χ2v) is 6.97. The van der Waals surface area contributed by atoms with E-state index in [0.29, 0.717) is 6.54 Å². The van der Waals surface area contributed by atoms with E-state index >= 15 is 0 Å². The van der Waals surface area contributed by atoms with Gasteiger partial charge in [-0.1, -0.05) is 23.7 Å². The summed E-state index contributed by atoms with van der Waals surface area (Å²) in [5, 5.41) is 1.75. The number of nitrogens with two attached hydrogens (primary N) is 1. The lowest BCUT2D eigenvalue weighted by atomic mass is 9.90. The number of aromatic nitrogens is 1. The van der Waals surface area contributed by atoms with Crippen LogP contribution in [0.3, 0.4) is 0 Å². The molecule has 1 heterocycles. The molecule has 1 aromatic heterocycles. The lowest BCUT2D eigenvalue weighted by molar-refractivity contribution is 0.655. The Morgan fingerprint density at radius 3 is 2.50 bits per heavy atom. The van der Waals surface area contributed by atoms with Crippen LogP contribution in [-0.2, 0) is 25.1 Å². The van der Waals surface area contributed by atoms with E-state index in [9.17, 15) is 4.79 Å². The summed E-state index contributed by atoms with van der Waals surface area (Å²) >= 11 is 7.60. The molecule has 0 bridgehead atoms. The highest BCUT2D eigenvalue weighted by Gasteiger charge is 2.19. The quantitative estimate of drug-likeness (QED) is 0.839. The van der Waals surface area contributed by atoms with E-state index in [-0.39, 0.29) is 5.56 Å². The van der Waals surface area contributed by atoms with Gasteiger partial charge in [-0.25, -0.2) is 0 Å². The van der Waals surface area contributed by atoms with E-state index in [1.54, 1.807) is 11.8 Å². The van der Waals surface area contributed by atoms with E-state index in [1.807, 2.05) is 24.3 Å². The number of halogens is 1. The molecule has 22 heavy (non-hydrogen) atoms. The van der Waals surface area contributed by atoms with Crippen LogP contribution in [0.1, 0.15) is 35.1 Å². The van der Waals surface area contributed by atoms with Crippen LogP contribution in [0.25, 0.3) is 0 Å². The first-order valence-corrected chi connectivity index (χ1v) is 8.89. The largest absolute Gasteiger partial charge is 0.326 e. The van der Waals surface area contributed by atoms with Gasteiger partial charge in [0, 0.05) is 22.9 Å². The molecule has 1 aromatic carbocycles. The minimum absolute atomic E-state index is 0.0262. The lowest BCUT2D eigenvalue weighted by Crippen LogP contribution is -2.23. The van der Waals surface area contributed by atoms with Crippen LogP contribution >= 0.6 is 23.4 Å². The molecule has 2 aromatic rings. The zero-order valence-electron chi connectivity index (χ0n) is 12.3. The molecule has 5 heteroatoms. The number of fused-ring (bicyclic) bond motifs is 1. The van der Waals surface area contributed by atoms with Crippen molar-refractivity contribution in [3.63, 3.8) is 0 Å². The molecule has 3 N–H and O–H groups in total. The van der Waals surface area contributed by atoms with Crippen LogP contribution in [0.2, 0.25) is 5.02 Å². The molecule has 0 radical (unpaired) electrons. The summed E-state index contributed by atoms with van der Waals surface area (Å²) in [6.07, 6.45) is 4.32. The molecule has 3 nitrogen and oxygen atoms in total. The van der Waals surface area contributed by atoms with Crippen LogP contribution in [-0.4, -0.2) is 4.98 Å². The van der Waals surface area contributed by atoms with Gasteiger partial charge in [-0.2, -0.15) is 0 Å². The Morgan fingerprint density at radius 1 is 1.14 bits per heavy atom. The maximum absolute atomic E-state index is 12.2. The van der Waals surface area contributed by atoms with E-state index in [0.717, 1.165) is 40.6 Å². The molecule has 0 saturated heterocycles. The van der Waals surface area contributed by atoms with Gasteiger partial charge in [0.05, 0.1) is 5.03 Å². The monoisotopic (exact) mass is 334 g/mol. The summed E-state index contributed by atoms with van der Waals surface area (Å²) in [6.45, 7) is 0.319. The van der Waals surface area contributed by atoms with Gasteiger partial charge < -0.3 is 10.7 Å². The third-order valence-electron chi connectivity index (χ3n) is 4.11. The smallest absolute Gasteiger partial charge is 0.253 e. The number of nitrogens with one attached hydrogen (secondary N) is 1. The second-order valence-electron chi connectivity index (χ2n) is 5.55. The number of H-pyrrole nitrogens is 1. The highest BCUT2D eigenvalue weighted by atomic mass is 35.5. The predicted molar refractivity (Wildman–Crippen MR) is 92.6 cm³/mol. The van der Waals surface area contributed by atoms with Crippen molar-refractivity contribution >= 4 is 23.4 Å². The summed E-state index contributed by atoms with van der Waals surface area (Å²) in [4.78, 5) is 15.3. The van der Waals surface area contributed by atoms with Crippen LogP contribution in [0.4, 0.5) is 0 Å². The first-order chi connectivity index (χ1) is 10.7. The number of hydrogen-bond donors (Lipinski definition) is 2. The van der Waals surface area contributed by atoms with Crippen LogP contribution in [0, 0.1) is 0 Å². The Labute approximate surface area is 139 Å². The van der Waals surface area contributed by atoms with Gasteiger partial charge in [0.25, 0.3) is 5.56 Å². The Bertz CT molecular complexity index is 725. The number of pyridine rings is 1. The summed E-state index contributed by atoms with van der Waals surface area (Å²) in [5.74, 6) is 0.821. The standard InChI is InChI=1S/C17H19ClN2OS/c18-12-7-5-11(6-8-12)10-22-17-14-4-2-1-3-13(14)15(9-19)16(21)20-17/h5-8H,1-4,9-10,19H2,(H,20,21). The van der Waals surface area contributed by atoms with E-state index in [4.69, 9.17) is 17.3 Å². The molecule has 1 aliphatic carbocycles. The normalized spacial score (nSPS) is 13.9. The average Bonchev–Trinajstić information content (AvgIpc) is 2.54. The van der Waals surface area contributed by atoms with Crippen molar-refractivity contribution < 1.29 is 0 Å². The van der Waals surface area contributed by atoms with Crippen molar-refractivity contribution in [2.75, 3.05) is 0 Å². The molecular weight excluding hydrogens is 316 g/mol. The third kappa shape index (κ3) is 3.24. The van der Waals surface area contributed by atoms with E-state index < -0.39 is 0 Å². The molecule has 0 atom stereocenters. The van der Waals surface area contributed by atoms with Gasteiger partial charge in [0.1, 0.15) is 0 Å². The van der Waals surface area contributed by atoms with Crippen molar-refractivity contribution in [3.8, 4) is 0 Å². The van der Waals surface area contributed by atoms with Crippen molar-refractivity contribution in [3.05, 3.63) is 61.9 Å². The maximum Gasteiger partial charge on any atom is 0.253 e. The first-order valence-electron chi connectivity index (χ1n) is 7.53. The fourth-order valence-electron chi connectivity index (χ4n) is 2.96. The number of aromatic amines is 1. The highest BCUT2D eigenvalue weighted by Crippen LogP contribution is 2.31. The number of thioether (sulfide) groups is 1. The molecule has 0 unspecified atom stereocenters. The van der Waals surface area contributed by atoms with Gasteiger partial charge in [-0.15, -0.1) is 11.8 Å². The van der Waals surface area contributed by atoms with Gasteiger partial charge in [0.15, 0.2) is 0 Å². The number of benzene rings is 1. The topological polar surface area (TPSA) is 58.9 Å². The molecule has 116 valence electrons.